The lowest BCUT2D eigenvalue weighted by Crippen LogP contribution is -2.18. The van der Waals surface area contributed by atoms with Crippen LogP contribution < -0.4 is 5.32 Å². The van der Waals surface area contributed by atoms with Crippen molar-refractivity contribution < 1.29 is 18.7 Å². The quantitative estimate of drug-likeness (QED) is 0.869. The summed E-state index contributed by atoms with van der Waals surface area (Å²) in [4.78, 5) is 10.7. The highest BCUT2D eigenvalue weighted by Gasteiger charge is 2.26. The van der Waals surface area contributed by atoms with E-state index in [1.807, 2.05) is 11.8 Å². The number of anilines is 1. The first-order chi connectivity index (χ1) is 9.52. The van der Waals surface area contributed by atoms with Gasteiger partial charge in [0.15, 0.2) is 11.6 Å². The average Bonchev–Trinajstić information content (AvgIpc) is 2.83. The van der Waals surface area contributed by atoms with Crippen molar-refractivity contribution in [2.24, 2.45) is 0 Å². The minimum atomic E-state index is -1.46. The van der Waals surface area contributed by atoms with Crippen LogP contribution in [-0.4, -0.2) is 28.1 Å². The highest BCUT2D eigenvalue weighted by Crippen LogP contribution is 2.32. The zero-order chi connectivity index (χ0) is 14.7. The lowest BCUT2D eigenvalue weighted by molar-refractivity contribution is 0.0690. The highest BCUT2D eigenvalue weighted by atomic mass is 32.2. The molecule has 0 aliphatic heterocycles. The normalized spacial score (nSPS) is 21.9. The minimum Gasteiger partial charge on any atom is -0.478 e. The van der Waals surface area contributed by atoms with Gasteiger partial charge in [0, 0.05) is 11.3 Å². The van der Waals surface area contributed by atoms with Crippen molar-refractivity contribution in [3.05, 3.63) is 29.3 Å². The van der Waals surface area contributed by atoms with Gasteiger partial charge in [-0.05, 0) is 37.1 Å². The first-order valence-corrected chi connectivity index (χ1v) is 7.67. The van der Waals surface area contributed by atoms with Gasteiger partial charge in [0.2, 0.25) is 0 Å². The maximum absolute atomic E-state index is 13.8. The Kier molecular flexibility index (Phi) is 4.86. The number of rotatable bonds is 5. The molecular weight excluding hydrogens is 284 g/mol. The second-order valence-electron chi connectivity index (χ2n) is 4.83. The van der Waals surface area contributed by atoms with E-state index in [1.54, 1.807) is 0 Å². The summed E-state index contributed by atoms with van der Waals surface area (Å²) in [5.41, 5.74) is -0.599. The summed E-state index contributed by atoms with van der Waals surface area (Å²) in [7, 11) is 0. The third-order valence-corrected chi connectivity index (χ3v) is 4.69. The van der Waals surface area contributed by atoms with Crippen LogP contribution in [0.3, 0.4) is 0 Å². The number of aromatic carboxylic acids is 1. The molecule has 0 saturated heterocycles. The van der Waals surface area contributed by atoms with Crippen molar-refractivity contribution >= 4 is 23.4 Å². The average molecular weight is 301 g/mol. The predicted octanol–water partition coefficient (Wildman–Crippen LogP) is 3.75. The number of hydrogen-bond donors (Lipinski definition) is 2. The summed E-state index contributed by atoms with van der Waals surface area (Å²) in [5, 5.41) is 12.3. The molecule has 1 aromatic carbocycles. The van der Waals surface area contributed by atoms with E-state index < -0.39 is 23.2 Å². The molecule has 1 aromatic rings. The Morgan fingerprint density at radius 1 is 1.40 bits per heavy atom. The fourth-order valence-electron chi connectivity index (χ4n) is 2.50. The molecule has 0 radical (unpaired) electrons. The largest absolute Gasteiger partial charge is 0.478 e. The van der Waals surface area contributed by atoms with Gasteiger partial charge >= 0.3 is 5.97 Å². The molecule has 0 amide bonds. The molecule has 0 heterocycles. The van der Waals surface area contributed by atoms with Gasteiger partial charge in [0.05, 0.1) is 11.3 Å². The first-order valence-electron chi connectivity index (χ1n) is 6.62. The Hall–Kier alpha value is -1.30. The maximum atomic E-state index is 13.8. The number of thioether (sulfide) groups is 1. The van der Waals surface area contributed by atoms with Crippen molar-refractivity contribution in [1.29, 1.82) is 0 Å². The third-order valence-electron chi connectivity index (χ3n) is 3.46. The van der Waals surface area contributed by atoms with Gasteiger partial charge in [-0.2, -0.15) is 11.8 Å². The number of hydrogen-bond acceptors (Lipinski definition) is 3. The Balaban J connectivity index is 2.07. The number of carboxylic acid groups (broad SMARTS) is 1. The van der Waals surface area contributed by atoms with Gasteiger partial charge in [0.25, 0.3) is 0 Å². The van der Waals surface area contributed by atoms with E-state index in [2.05, 4.69) is 12.2 Å². The summed E-state index contributed by atoms with van der Waals surface area (Å²) in [6, 6.07) is 2.50. The lowest BCUT2D eigenvalue weighted by atomic mass is 10.1. The Morgan fingerprint density at radius 3 is 2.80 bits per heavy atom. The van der Waals surface area contributed by atoms with E-state index in [9.17, 15) is 13.6 Å². The van der Waals surface area contributed by atoms with Crippen LogP contribution in [0, 0.1) is 11.6 Å². The zero-order valence-corrected chi connectivity index (χ0v) is 12.0. The van der Waals surface area contributed by atoms with Crippen molar-refractivity contribution in [3.8, 4) is 0 Å². The van der Waals surface area contributed by atoms with Crippen molar-refractivity contribution in [2.45, 2.75) is 37.5 Å². The van der Waals surface area contributed by atoms with Crippen molar-refractivity contribution in [1.82, 2.24) is 0 Å². The van der Waals surface area contributed by atoms with E-state index in [1.165, 1.54) is 6.07 Å². The van der Waals surface area contributed by atoms with Gasteiger partial charge in [-0.1, -0.05) is 6.92 Å². The standard InChI is InChI=1S/C14H17F2NO2S/c1-2-20-9-4-3-8(7-9)17-11-6-5-10(14(18)19)12(15)13(11)16/h5-6,8-9,17H,2-4,7H2,1H3,(H,18,19). The molecule has 0 bridgehead atoms. The number of nitrogens with one attached hydrogen (secondary N) is 1. The van der Waals surface area contributed by atoms with E-state index in [4.69, 9.17) is 5.11 Å². The van der Waals surface area contributed by atoms with Crippen LogP contribution in [0.5, 0.6) is 0 Å². The van der Waals surface area contributed by atoms with Crippen molar-refractivity contribution in [3.63, 3.8) is 0 Å². The van der Waals surface area contributed by atoms with Gasteiger partial charge in [-0.15, -0.1) is 0 Å². The fraction of sp³-hybridized carbons (Fsp3) is 0.500. The zero-order valence-electron chi connectivity index (χ0n) is 11.2. The van der Waals surface area contributed by atoms with Crippen LogP contribution in [0.25, 0.3) is 0 Å². The molecule has 1 fully saturated rings. The minimum absolute atomic E-state index is 0.0413. The third kappa shape index (κ3) is 3.23. The Morgan fingerprint density at radius 2 is 2.15 bits per heavy atom. The topological polar surface area (TPSA) is 49.3 Å². The number of carbonyl (C=O) groups is 1. The lowest BCUT2D eigenvalue weighted by Gasteiger charge is -2.15. The highest BCUT2D eigenvalue weighted by molar-refractivity contribution is 7.99. The van der Waals surface area contributed by atoms with Crippen LogP contribution in [0.2, 0.25) is 0 Å². The number of halogens is 2. The van der Waals surface area contributed by atoms with Crippen LogP contribution in [-0.2, 0) is 0 Å². The first kappa shape index (κ1) is 15.1. The molecule has 110 valence electrons. The molecule has 2 rings (SSSR count). The molecule has 2 unspecified atom stereocenters. The fourth-order valence-corrected chi connectivity index (χ4v) is 3.65. The molecular formula is C14H17F2NO2S. The molecule has 1 aliphatic carbocycles. The van der Waals surface area contributed by atoms with Gasteiger partial charge in [-0.25, -0.2) is 13.6 Å². The molecule has 3 nitrogen and oxygen atoms in total. The Labute approximate surface area is 120 Å². The Bertz CT molecular complexity index is 510. The SMILES string of the molecule is CCSC1CCC(Nc2ccc(C(=O)O)c(F)c2F)C1. The van der Waals surface area contributed by atoms with Crippen LogP contribution >= 0.6 is 11.8 Å². The molecule has 0 spiro atoms. The van der Waals surface area contributed by atoms with Crippen LogP contribution in [0.4, 0.5) is 14.5 Å². The molecule has 0 aromatic heterocycles. The monoisotopic (exact) mass is 301 g/mol. The second kappa shape index (κ2) is 6.43. The molecule has 1 aliphatic rings. The van der Waals surface area contributed by atoms with Crippen LogP contribution in [0.1, 0.15) is 36.5 Å². The van der Waals surface area contributed by atoms with Crippen molar-refractivity contribution in [2.75, 3.05) is 11.1 Å². The predicted molar refractivity (Wildman–Crippen MR) is 76.5 cm³/mol. The molecule has 20 heavy (non-hydrogen) atoms. The summed E-state index contributed by atoms with van der Waals surface area (Å²) in [6.07, 6.45) is 2.90. The molecule has 2 atom stereocenters. The second-order valence-corrected chi connectivity index (χ2v) is 6.40. The van der Waals surface area contributed by atoms with E-state index in [0.29, 0.717) is 5.25 Å². The molecule has 6 heteroatoms. The van der Waals surface area contributed by atoms with E-state index in [-0.39, 0.29) is 11.7 Å². The van der Waals surface area contributed by atoms with Gasteiger partial charge in [-0.3, -0.25) is 0 Å². The number of benzene rings is 1. The maximum Gasteiger partial charge on any atom is 0.338 e. The van der Waals surface area contributed by atoms with Gasteiger partial charge in [0.1, 0.15) is 0 Å². The van der Waals surface area contributed by atoms with Gasteiger partial charge < -0.3 is 10.4 Å². The summed E-state index contributed by atoms with van der Waals surface area (Å²) < 4.78 is 27.4. The molecule has 1 saturated carbocycles. The summed E-state index contributed by atoms with van der Waals surface area (Å²) in [5.74, 6) is -2.84. The molecule has 2 N–H and O–H groups in total. The number of carboxylic acids is 1. The van der Waals surface area contributed by atoms with Crippen LogP contribution in [0.15, 0.2) is 12.1 Å². The van der Waals surface area contributed by atoms with E-state index >= 15 is 0 Å². The summed E-state index contributed by atoms with van der Waals surface area (Å²) >= 11 is 1.88. The summed E-state index contributed by atoms with van der Waals surface area (Å²) in [6.45, 7) is 2.10. The smallest absolute Gasteiger partial charge is 0.338 e. The van der Waals surface area contributed by atoms with E-state index in [0.717, 1.165) is 31.1 Å².